The van der Waals surface area contributed by atoms with Gasteiger partial charge in [-0.05, 0) is 51.6 Å². The maximum atomic E-state index is 12.9. The molecule has 1 aliphatic heterocycles. The van der Waals surface area contributed by atoms with E-state index in [2.05, 4.69) is 38.4 Å². The highest BCUT2D eigenvalue weighted by Gasteiger charge is 2.22. The number of para-hydroxylation sites is 1. The minimum absolute atomic E-state index is 0.215. The Bertz CT molecular complexity index is 1760. The van der Waals surface area contributed by atoms with Crippen LogP contribution in [0.1, 0.15) is 40.2 Å². The molecule has 1 aliphatic rings. The van der Waals surface area contributed by atoms with Crippen LogP contribution in [0.5, 0.6) is 0 Å². The van der Waals surface area contributed by atoms with Gasteiger partial charge in [0.2, 0.25) is 5.95 Å². The highest BCUT2D eigenvalue weighted by atomic mass is 16.6. The summed E-state index contributed by atoms with van der Waals surface area (Å²) in [5.74, 6) is -0.0927. The van der Waals surface area contributed by atoms with Crippen LogP contribution in [-0.4, -0.2) is 76.4 Å². The molecule has 3 heterocycles. The number of nitrogens with zero attached hydrogens (tertiary/aromatic N) is 6. The smallest absolute Gasteiger partial charge is 0.412 e. The predicted octanol–water partition coefficient (Wildman–Crippen LogP) is 5.77. The van der Waals surface area contributed by atoms with Gasteiger partial charge in [-0.15, -0.1) is 0 Å². The van der Waals surface area contributed by atoms with E-state index in [-0.39, 0.29) is 18.5 Å². The Morgan fingerprint density at radius 1 is 1.07 bits per heavy atom. The fraction of sp³-hybridized carbons (Fsp3) is 0.382. The van der Waals surface area contributed by atoms with E-state index in [1.54, 1.807) is 0 Å². The molecule has 2 N–H and O–H groups in total. The number of amides is 1. The molecule has 240 valence electrons. The fourth-order valence-corrected chi connectivity index (χ4v) is 5.44. The molecule has 0 saturated carbocycles. The summed E-state index contributed by atoms with van der Waals surface area (Å²) in [6.07, 6.45) is 2.81. The molecule has 12 heteroatoms. The molecular weight excluding hydrogens is 584 g/mol. The molecule has 1 amide bonds. The van der Waals surface area contributed by atoms with Gasteiger partial charge in [0.1, 0.15) is 18.3 Å². The third-order valence-electron chi connectivity index (χ3n) is 7.66. The van der Waals surface area contributed by atoms with Gasteiger partial charge in [-0.2, -0.15) is 5.26 Å². The average molecular weight is 625 g/mol. The number of carbonyl (C=O) groups is 2. The molecular formula is C34H40N8O4. The van der Waals surface area contributed by atoms with Crippen molar-refractivity contribution in [1.29, 1.82) is 5.26 Å². The third kappa shape index (κ3) is 7.73. The molecule has 0 spiro atoms. The second kappa shape index (κ2) is 13.9. The van der Waals surface area contributed by atoms with Crippen molar-refractivity contribution in [1.82, 2.24) is 19.4 Å². The van der Waals surface area contributed by atoms with E-state index in [0.29, 0.717) is 29.2 Å². The Kier molecular flexibility index (Phi) is 9.72. The number of ether oxygens (including phenoxy) is 2. The van der Waals surface area contributed by atoms with Crippen molar-refractivity contribution in [2.75, 3.05) is 54.9 Å². The number of benzene rings is 2. The summed E-state index contributed by atoms with van der Waals surface area (Å²) in [5.41, 5.74) is 3.82. The number of aromatic nitrogens is 3. The Morgan fingerprint density at radius 2 is 1.83 bits per heavy atom. The number of hydrogen-bond donors (Lipinski definition) is 2. The van der Waals surface area contributed by atoms with E-state index >= 15 is 0 Å². The maximum Gasteiger partial charge on any atom is 0.412 e. The van der Waals surface area contributed by atoms with Crippen molar-refractivity contribution in [3.63, 3.8) is 0 Å². The van der Waals surface area contributed by atoms with Gasteiger partial charge in [-0.25, -0.2) is 14.8 Å². The van der Waals surface area contributed by atoms with Crippen LogP contribution in [0.25, 0.3) is 22.2 Å². The number of rotatable bonds is 9. The number of nitrogens with one attached hydrogen (secondary N) is 2. The zero-order valence-corrected chi connectivity index (χ0v) is 27.0. The van der Waals surface area contributed by atoms with Crippen LogP contribution in [0, 0.1) is 11.3 Å². The molecule has 2 aromatic heterocycles. The molecule has 1 fully saturated rings. The normalized spacial score (nSPS) is 13.7. The van der Waals surface area contributed by atoms with Crippen molar-refractivity contribution in [2.24, 2.45) is 0 Å². The van der Waals surface area contributed by atoms with Gasteiger partial charge < -0.3 is 29.2 Å². The molecule has 5 rings (SSSR count). The van der Waals surface area contributed by atoms with Crippen molar-refractivity contribution in [2.45, 2.75) is 46.8 Å². The SMILES string of the molecule is CCN1CCN(c2ccc(Nc3ncc(C#N)c(-c4cn(CCOC(C)=O)c5ccccc45)n3)c(NC(=O)OC(C)(C)C)c2)CC1. The lowest BCUT2D eigenvalue weighted by Gasteiger charge is -2.35. The number of likely N-dealkylation sites (N-methyl/N-ethyl adjacent to an activating group) is 1. The average Bonchev–Trinajstić information content (AvgIpc) is 3.39. The van der Waals surface area contributed by atoms with Crippen LogP contribution in [0.15, 0.2) is 54.9 Å². The number of fused-ring (bicyclic) bond motifs is 1. The summed E-state index contributed by atoms with van der Waals surface area (Å²) in [5, 5.41) is 17.0. The third-order valence-corrected chi connectivity index (χ3v) is 7.66. The Hall–Kier alpha value is -5.15. The monoisotopic (exact) mass is 624 g/mol. The molecule has 0 radical (unpaired) electrons. The molecule has 12 nitrogen and oxygen atoms in total. The van der Waals surface area contributed by atoms with Crippen molar-refractivity contribution < 1.29 is 19.1 Å². The van der Waals surface area contributed by atoms with Crippen LogP contribution >= 0.6 is 0 Å². The van der Waals surface area contributed by atoms with E-state index in [1.165, 1.54) is 13.1 Å². The quantitative estimate of drug-likeness (QED) is 0.221. The number of hydrogen-bond acceptors (Lipinski definition) is 10. The van der Waals surface area contributed by atoms with Gasteiger partial charge in [0, 0.05) is 61.5 Å². The van der Waals surface area contributed by atoms with Crippen LogP contribution in [0.2, 0.25) is 0 Å². The summed E-state index contributed by atoms with van der Waals surface area (Å²) in [4.78, 5) is 38.1. The number of piperazine rings is 1. The maximum absolute atomic E-state index is 12.9. The Labute approximate surface area is 268 Å². The first-order valence-electron chi connectivity index (χ1n) is 15.4. The number of anilines is 4. The summed E-state index contributed by atoms with van der Waals surface area (Å²) < 4.78 is 12.7. The van der Waals surface area contributed by atoms with Gasteiger partial charge >= 0.3 is 12.1 Å². The molecule has 46 heavy (non-hydrogen) atoms. The highest BCUT2D eigenvalue weighted by molar-refractivity contribution is 5.97. The van der Waals surface area contributed by atoms with Crippen LogP contribution < -0.4 is 15.5 Å². The minimum atomic E-state index is -0.672. The Balaban J connectivity index is 1.48. The van der Waals surface area contributed by atoms with Gasteiger partial charge in [-0.1, -0.05) is 25.1 Å². The highest BCUT2D eigenvalue weighted by Crippen LogP contribution is 2.34. The van der Waals surface area contributed by atoms with Crippen LogP contribution in [0.3, 0.4) is 0 Å². The van der Waals surface area contributed by atoms with E-state index in [0.717, 1.165) is 54.9 Å². The lowest BCUT2D eigenvalue weighted by atomic mass is 10.1. The first-order valence-corrected chi connectivity index (χ1v) is 15.4. The molecule has 0 aliphatic carbocycles. The largest absolute Gasteiger partial charge is 0.464 e. The van der Waals surface area contributed by atoms with Gasteiger partial charge in [-0.3, -0.25) is 10.1 Å². The predicted molar refractivity (Wildman–Crippen MR) is 178 cm³/mol. The zero-order chi connectivity index (χ0) is 32.8. The zero-order valence-electron chi connectivity index (χ0n) is 27.0. The molecule has 0 bridgehead atoms. The van der Waals surface area contributed by atoms with Crippen molar-refractivity contribution >= 4 is 46.0 Å². The van der Waals surface area contributed by atoms with Gasteiger partial charge in [0.05, 0.1) is 35.4 Å². The molecule has 0 atom stereocenters. The van der Waals surface area contributed by atoms with Crippen molar-refractivity contribution in [3.05, 3.63) is 60.4 Å². The van der Waals surface area contributed by atoms with Gasteiger partial charge in [0.25, 0.3) is 0 Å². The van der Waals surface area contributed by atoms with E-state index in [1.807, 2.05) is 74.0 Å². The van der Waals surface area contributed by atoms with Gasteiger partial charge in [0.15, 0.2) is 0 Å². The van der Waals surface area contributed by atoms with E-state index in [9.17, 15) is 14.9 Å². The van der Waals surface area contributed by atoms with E-state index < -0.39 is 11.7 Å². The summed E-state index contributed by atoms with van der Waals surface area (Å²) in [7, 11) is 0. The molecule has 2 aromatic carbocycles. The van der Waals surface area contributed by atoms with Crippen LogP contribution in [-0.2, 0) is 20.8 Å². The minimum Gasteiger partial charge on any atom is -0.464 e. The summed E-state index contributed by atoms with van der Waals surface area (Å²) >= 11 is 0. The topological polar surface area (TPSA) is 138 Å². The first-order chi connectivity index (χ1) is 22.0. The lowest BCUT2D eigenvalue weighted by Crippen LogP contribution is -2.46. The standard InChI is InChI=1S/C34H40N8O4/c1-6-40-13-15-41(16-14-40)25-11-12-28(29(19-25)38-33(44)46-34(3,4)5)37-32-36-21-24(20-35)31(39-32)27-22-42(17-18-45-23(2)43)30-10-8-7-9-26(27)30/h7-12,19,21-22H,6,13-18H2,1-5H3,(H,38,44)(H,36,37,39). The van der Waals surface area contributed by atoms with Crippen LogP contribution in [0.4, 0.5) is 27.8 Å². The fourth-order valence-electron chi connectivity index (χ4n) is 5.44. The first kappa shape index (κ1) is 32.2. The second-order valence-corrected chi connectivity index (χ2v) is 12.1. The Morgan fingerprint density at radius 3 is 2.52 bits per heavy atom. The van der Waals surface area contributed by atoms with E-state index in [4.69, 9.17) is 14.5 Å². The molecule has 1 saturated heterocycles. The summed E-state index contributed by atoms with van der Waals surface area (Å²) in [6.45, 7) is 14.3. The molecule has 0 unspecified atom stereocenters. The number of nitriles is 1. The van der Waals surface area contributed by atoms with Crippen molar-refractivity contribution in [3.8, 4) is 17.3 Å². The summed E-state index contributed by atoms with van der Waals surface area (Å²) in [6, 6.07) is 15.8. The lowest BCUT2D eigenvalue weighted by molar-refractivity contribution is -0.141. The number of carbonyl (C=O) groups excluding carboxylic acids is 2. The molecule has 4 aromatic rings. The second-order valence-electron chi connectivity index (χ2n) is 12.1. The number of esters is 1.